The van der Waals surface area contributed by atoms with E-state index in [1.54, 1.807) is 27.7 Å². The first kappa shape index (κ1) is 15.3. The lowest BCUT2D eigenvalue weighted by Gasteiger charge is -2.20. The summed E-state index contributed by atoms with van der Waals surface area (Å²) in [6.45, 7) is 7.22. The molecule has 1 atom stereocenters. The van der Waals surface area contributed by atoms with Gasteiger partial charge in [-0.2, -0.15) is 0 Å². The number of carbonyl (C=O) groups is 3. The SMILES string of the molecule is CC[C@@H]1OC(=O)N(CCNC(=O)OC(C)(C)C)C1=O. The van der Waals surface area contributed by atoms with Crippen molar-refractivity contribution in [3.05, 3.63) is 0 Å². The van der Waals surface area contributed by atoms with Crippen molar-refractivity contribution in [1.29, 1.82) is 0 Å². The molecule has 0 aromatic rings. The summed E-state index contributed by atoms with van der Waals surface area (Å²) in [4.78, 5) is 35.4. The number of cyclic esters (lactones) is 1. The van der Waals surface area contributed by atoms with Gasteiger partial charge in [0.2, 0.25) is 0 Å². The third kappa shape index (κ3) is 4.42. The molecule has 1 saturated heterocycles. The molecular formula is C12H20N2O5. The van der Waals surface area contributed by atoms with Crippen LogP contribution in [0.15, 0.2) is 0 Å². The van der Waals surface area contributed by atoms with E-state index in [0.717, 1.165) is 4.90 Å². The predicted molar refractivity (Wildman–Crippen MR) is 66.5 cm³/mol. The summed E-state index contributed by atoms with van der Waals surface area (Å²) >= 11 is 0. The van der Waals surface area contributed by atoms with Crippen molar-refractivity contribution in [3.63, 3.8) is 0 Å². The Morgan fingerprint density at radius 1 is 1.42 bits per heavy atom. The first-order valence-corrected chi connectivity index (χ1v) is 6.23. The molecule has 19 heavy (non-hydrogen) atoms. The second-order valence-electron chi connectivity index (χ2n) is 5.20. The molecule has 1 rings (SSSR count). The lowest BCUT2D eigenvalue weighted by Crippen LogP contribution is -2.40. The molecule has 0 aromatic carbocycles. The van der Waals surface area contributed by atoms with Crippen LogP contribution in [0.3, 0.4) is 0 Å². The zero-order valence-corrected chi connectivity index (χ0v) is 11.7. The van der Waals surface area contributed by atoms with Gasteiger partial charge in [0, 0.05) is 13.1 Å². The highest BCUT2D eigenvalue weighted by Gasteiger charge is 2.38. The predicted octanol–water partition coefficient (Wildman–Crippen LogP) is 1.27. The number of imide groups is 1. The van der Waals surface area contributed by atoms with E-state index in [9.17, 15) is 14.4 Å². The van der Waals surface area contributed by atoms with Crippen LogP contribution in [0.2, 0.25) is 0 Å². The second kappa shape index (κ2) is 5.90. The normalized spacial score (nSPS) is 19.4. The quantitative estimate of drug-likeness (QED) is 0.833. The molecule has 0 unspecified atom stereocenters. The third-order valence-electron chi connectivity index (χ3n) is 2.38. The molecule has 1 aliphatic heterocycles. The minimum Gasteiger partial charge on any atom is -0.444 e. The average molecular weight is 272 g/mol. The minimum absolute atomic E-state index is 0.0768. The molecule has 108 valence electrons. The van der Waals surface area contributed by atoms with Crippen LogP contribution in [-0.4, -0.2) is 47.8 Å². The number of hydrogen-bond donors (Lipinski definition) is 1. The van der Waals surface area contributed by atoms with Crippen LogP contribution in [0.5, 0.6) is 0 Å². The molecule has 3 amide bonds. The smallest absolute Gasteiger partial charge is 0.417 e. The topological polar surface area (TPSA) is 84.9 Å². The Labute approximate surface area is 112 Å². The maximum atomic E-state index is 11.7. The van der Waals surface area contributed by atoms with E-state index >= 15 is 0 Å². The minimum atomic E-state index is -0.700. The molecule has 0 aromatic heterocycles. The summed E-state index contributed by atoms with van der Waals surface area (Å²) in [7, 11) is 0. The van der Waals surface area contributed by atoms with Crippen LogP contribution in [0.4, 0.5) is 9.59 Å². The number of rotatable bonds is 4. The lowest BCUT2D eigenvalue weighted by atomic mass is 10.2. The largest absolute Gasteiger partial charge is 0.444 e. The van der Waals surface area contributed by atoms with Gasteiger partial charge in [0.05, 0.1) is 0 Å². The molecule has 0 aliphatic carbocycles. The summed E-state index contributed by atoms with van der Waals surface area (Å²) < 4.78 is 9.90. The van der Waals surface area contributed by atoms with Gasteiger partial charge in [0.25, 0.3) is 5.91 Å². The molecule has 1 fully saturated rings. The van der Waals surface area contributed by atoms with Crippen molar-refractivity contribution in [2.24, 2.45) is 0 Å². The lowest BCUT2D eigenvalue weighted by molar-refractivity contribution is -0.129. The van der Waals surface area contributed by atoms with Gasteiger partial charge in [-0.1, -0.05) is 6.92 Å². The highest BCUT2D eigenvalue weighted by molar-refractivity contribution is 6.00. The zero-order chi connectivity index (χ0) is 14.6. The maximum Gasteiger partial charge on any atom is 0.417 e. The molecular weight excluding hydrogens is 252 g/mol. The Bertz CT molecular complexity index is 375. The maximum absolute atomic E-state index is 11.7. The number of nitrogens with one attached hydrogen (secondary N) is 1. The molecule has 0 saturated carbocycles. The van der Waals surface area contributed by atoms with Crippen molar-refractivity contribution >= 4 is 18.1 Å². The van der Waals surface area contributed by atoms with Crippen LogP contribution in [0.25, 0.3) is 0 Å². The molecule has 1 N–H and O–H groups in total. The Morgan fingerprint density at radius 3 is 2.53 bits per heavy atom. The van der Waals surface area contributed by atoms with Gasteiger partial charge in [-0.3, -0.25) is 4.79 Å². The van der Waals surface area contributed by atoms with Gasteiger partial charge in [-0.05, 0) is 27.2 Å². The van der Waals surface area contributed by atoms with E-state index in [-0.39, 0.29) is 19.0 Å². The standard InChI is InChI=1S/C12H20N2O5/c1-5-8-9(15)14(11(17)18-8)7-6-13-10(16)19-12(2,3)4/h8H,5-7H2,1-4H3,(H,13,16)/t8-/m0/s1. The van der Waals surface area contributed by atoms with Crippen molar-refractivity contribution in [2.45, 2.75) is 45.8 Å². The number of amides is 3. The van der Waals surface area contributed by atoms with Crippen molar-refractivity contribution < 1.29 is 23.9 Å². The number of carbonyl (C=O) groups excluding carboxylic acids is 3. The molecule has 1 aliphatic rings. The number of nitrogens with zero attached hydrogens (tertiary/aromatic N) is 1. The molecule has 0 bridgehead atoms. The van der Waals surface area contributed by atoms with E-state index < -0.39 is 23.9 Å². The molecule has 0 radical (unpaired) electrons. The van der Waals surface area contributed by atoms with Gasteiger partial charge in [0.1, 0.15) is 5.60 Å². The van der Waals surface area contributed by atoms with E-state index in [4.69, 9.17) is 9.47 Å². The fourth-order valence-electron chi connectivity index (χ4n) is 1.54. The number of alkyl carbamates (subject to hydrolysis) is 1. The van der Waals surface area contributed by atoms with Crippen molar-refractivity contribution in [3.8, 4) is 0 Å². The van der Waals surface area contributed by atoms with Gasteiger partial charge in [0.15, 0.2) is 6.10 Å². The monoisotopic (exact) mass is 272 g/mol. The Balaban J connectivity index is 2.36. The Hall–Kier alpha value is -1.79. The highest BCUT2D eigenvalue weighted by atomic mass is 16.6. The van der Waals surface area contributed by atoms with Gasteiger partial charge < -0.3 is 14.8 Å². The summed E-state index contributed by atoms with van der Waals surface area (Å²) in [6, 6.07) is 0. The van der Waals surface area contributed by atoms with Crippen LogP contribution < -0.4 is 5.32 Å². The second-order valence-corrected chi connectivity index (χ2v) is 5.20. The van der Waals surface area contributed by atoms with Crippen LogP contribution in [0.1, 0.15) is 34.1 Å². The fraction of sp³-hybridized carbons (Fsp3) is 0.750. The summed E-state index contributed by atoms with van der Waals surface area (Å²) in [5.41, 5.74) is -0.584. The van der Waals surface area contributed by atoms with E-state index in [0.29, 0.717) is 6.42 Å². The van der Waals surface area contributed by atoms with Gasteiger partial charge in [-0.25, -0.2) is 14.5 Å². The van der Waals surface area contributed by atoms with Crippen LogP contribution in [-0.2, 0) is 14.3 Å². The summed E-state index contributed by atoms with van der Waals surface area (Å²) in [5.74, 6) is -0.363. The van der Waals surface area contributed by atoms with E-state index in [2.05, 4.69) is 5.32 Å². The summed E-state index contributed by atoms with van der Waals surface area (Å²) in [6.07, 6.45) is -1.50. The number of hydrogen-bond acceptors (Lipinski definition) is 5. The van der Waals surface area contributed by atoms with E-state index in [1.165, 1.54) is 0 Å². The highest BCUT2D eigenvalue weighted by Crippen LogP contribution is 2.14. The van der Waals surface area contributed by atoms with Gasteiger partial charge in [-0.15, -0.1) is 0 Å². The average Bonchev–Trinajstić information content (AvgIpc) is 2.53. The summed E-state index contributed by atoms with van der Waals surface area (Å²) in [5, 5.41) is 2.48. The van der Waals surface area contributed by atoms with Gasteiger partial charge >= 0.3 is 12.2 Å². The van der Waals surface area contributed by atoms with Crippen LogP contribution in [0, 0.1) is 0 Å². The third-order valence-corrected chi connectivity index (χ3v) is 2.38. The molecule has 0 spiro atoms. The molecule has 7 nitrogen and oxygen atoms in total. The Morgan fingerprint density at radius 2 is 2.05 bits per heavy atom. The molecule has 7 heteroatoms. The van der Waals surface area contributed by atoms with Crippen molar-refractivity contribution in [2.75, 3.05) is 13.1 Å². The molecule has 1 heterocycles. The first-order valence-electron chi connectivity index (χ1n) is 6.23. The zero-order valence-electron chi connectivity index (χ0n) is 11.7. The van der Waals surface area contributed by atoms with Crippen LogP contribution >= 0.6 is 0 Å². The first-order chi connectivity index (χ1) is 8.74. The van der Waals surface area contributed by atoms with E-state index in [1.807, 2.05) is 0 Å². The number of ether oxygens (including phenoxy) is 2. The van der Waals surface area contributed by atoms with Crippen molar-refractivity contribution in [1.82, 2.24) is 10.2 Å². The fourth-order valence-corrected chi connectivity index (χ4v) is 1.54. The Kier molecular flexibility index (Phi) is 4.74.